The van der Waals surface area contributed by atoms with Crippen LogP contribution in [0.2, 0.25) is 0 Å². The van der Waals surface area contributed by atoms with Gasteiger partial charge in [-0.05, 0) is 25.2 Å². The third-order valence-corrected chi connectivity index (χ3v) is 3.19. The van der Waals surface area contributed by atoms with E-state index in [2.05, 4.69) is 6.92 Å². The van der Waals surface area contributed by atoms with Crippen molar-refractivity contribution < 1.29 is 0 Å². The maximum absolute atomic E-state index is 5.89. The SMILES string of the molecule is CC[C@H](N)CCC1CCCCC1. The quantitative estimate of drug-likeness (QED) is 0.687. The average Bonchev–Trinajstić information content (AvgIpc) is 2.16. The fourth-order valence-electron chi connectivity index (χ4n) is 2.13. The summed E-state index contributed by atoms with van der Waals surface area (Å²) >= 11 is 0. The summed E-state index contributed by atoms with van der Waals surface area (Å²) < 4.78 is 0. The molecule has 0 bridgehead atoms. The van der Waals surface area contributed by atoms with Gasteiger partial charge in [0.1, 0.15) is 0 Å². The molecule has 1 aliphatic carbocycles. The van der Waals surface area contributed by atoms with Crippen LogP contribution in [0.1, 0.15) is 58.3 Å². The van der Waals surface area contributed by atoms with Crippen molar-refractivity contribution in [2.45, 2.75) is 64.3 Å². The van der Waals surface area contributed by atoms with Crippen LogP contribution in [-0.4, -0.2) is 6.04 Å². The molecule has 1 saturated carbocycles. The first-order valence-electron chi connectivity index (χ1n) is 5.58. The van der Waals surface area contributed by atoms with Crippen LogP contribution in [0.4, 0.5) is 0 Å². The zero-order valence-electron chi connectivity index (χ0n) is 8.39. The largest absolute Gasteiger partial charge is 0.328 e. The molecule has 0 aromatic carbocycles. The van der Waals surface area contributed by atoms with Crippen LogP contribution in [0.5, 0.6) is 0 Å². The monoisotopic (exact) mass is 169 g/mol. The molecule has 0 aromatic heterocycles. The molecule has 0 aromatic rings. The molecule has 0 unspecified atom stereocenters. The highest BCUT2D eigenvalue weighted by Gasteiger charge is 2.13. The van der Waals surface area contributed by atoms with Gasteiger partial charge in [0.15, 0.2) is 0 Å². The van der Waals surface area contributed by atoms with Gasteiger partial charge in [0.05, 0.1) is 0 Å². The molecule has 0 amide bonds. The van der Waals surface area contributed by atoms with E-state index in [1.807, 2.05) is 0 Å². The van der Waals surface area contributed by atoms with Gasteiger partial charge in [-0.2, -0.15) is 0 Å². The van der Waals surface area contributed by atoms with Crippen LogP contribution >= 0.6 is 0 Å². The summed E-state index contributed by atoms with van der Waals surface area (Å²) in [6.45, 7) is 2.19. The van der Waals surface area contributed by atoms with Gasteiger partial charge in [-0.25, -0.2) is 0 Å². The highest BCUT2D eigenvalue weighted by atomic mass is 14.6. The summed E-state index contributed by atoms with van der Waals surface area (Å²) in [7, 11) is 0. The molecule has 0 heterocycles. The highest BCUT2D eigenvalue weighted by molar-refractivity contribution is 4.68. The predicted octanol–water partition coefficient (Wildman–Crippen LogP) is 3.08. The van der Waals surface area contributed by atoms with Gasteiger partial charge in [-0.15, -0.1) is 0 Å². The van der Waals surface area contributed by atoms with Crippen LogP contribution < -0.4 is 5.73 Å². The number of nitrogens with two attached hydrogens (primary N) is 1. The molecule has 0 radical (unpaired) electrons. The van der Waals surface area contributed by atoms with E-state index in [-0.39, 0.29) is 0 Å². The fraction of sp³-hybridized carbons (Fsp3) is 1.00. The van der Waals surface area contributed by atoms with Gasteiger partial charge in [0, 0.05) is 6.04 Å². The van der Waals surface area contributed by atoms with E-state index in [1.165, 1.54) is 44.9 Å². The van der Waals surface area contributed by atoms with E-state index in [1.54, 1.807) is 0 Å². The molecule has 0 saturated heterocycles. The minimum absolute atomic E-state index is 0.465. The highest BCUT2D eigenvalue weighted by Crippen LogP contribution is 2.27. The molecule has 1 fully saturated rings. The van der Waals surface area contributed by atoms with Crippen molar-refractivity contribution in [3.05, 3.63) is 0 Å². The van der Waals surface area contributed by atoms with Crippen molar-refractivity contribution in [1.29, 1.82) is 0 Å². The maximum atomic E-state index is 5.89. The second kappa shape index (κ2) is 5.58. The van der Waals surface area contributed by atoms with E-state index in [0.717, 1.165) is 12.3 Å². The van der Waals surface area contributed by atoms with E-state index < -0.39 is 0 Å². The number of hydrogen-bond acceptors (Lipinski definition) is 1. The number of hydrogen-bond donors (Lipinski definition) is 1. The van der Waals surface area contributed by atoms with E-state index >= 15 is 0 Å². The minimum Gasteiger partial charge on any atom is -0.328 e. The normalized spacial score (nSPS) is 22.5. The maximum Gasteiger partial charge on any atom is 0.00363 e. The molecule has 1 rings (SSSR count). The lowest BCUT2D eigenvalue weighted by molar-refractivity contribution is 0.322. The molecular weight excluding hydrogens is 146 g/mol. The minimum atomic E-state index is 0.465. The summed E-state index contributed by atoms with van der Waals surface area (Å²) in [5, 5.41) is 0. The van der Waals surface area contributed by atoms with Crippen molar-refractivity contribution in [1.82, 2.24) is 0 Å². The zero-order valence-corrected chi connectivity index (χ0v) is 8.39. The Morgan fingerprint density at radius 1 is 1.25 bits per heavy atom. The van der Waals surface area contributed by atoms with Gasteiger partial charge >= 0.3 is 0 Å². The van der Waals surface area contributed by atoms with Gasteiger partial charge in [-0.1, -0.05) is 39.0 Å². The Kier molecular flexibility index (Phi) is 4.67. The summed E-state index contributed by atoms with van der Waals surface area (Å²) in [5.41, 5.74) is 5.89. The zero-order chi connectivity index (χ0) is 8.81. The standard InChI is InChI=1S/C11H23N/c1-2-11(12)9-8-10-6-4-3-5-7-10/h10-11H,2-9,12H2,1H3/t11-/m0/s1. The molecule has 0 spiro atoms. The van der Waals surface area contributed by atoms with E-state index in [4.69, 9.17) is 5.73 Å². The van der Waals surface area contributed by atoms with Crippen LogP contribution in [0.25, 0.3) is 0 Å². The van der Waals surface area contributed by atoms with Gasteiger partial charge in [0.2, 0.25) is 0 Å². The Bertz CT molecular complexity index is 106. The predicted molar refractivity (Wildman–Crippen MR) is 54.1 cm³/mol. The molecule has 72 valence electrons. The molecular formula is C11H23N. The topological polar surface area (TPSA) is 26.0 Å². The van der Waals surface area contributed by atoms with Gasteiger partial charge in [0.25, 0.3) is 0 Å². The van der Waals surface area contributed by atoms with Crippen LogP contribution in [-0.2, 0) is 0 Å². The summed E-state index contributed by atoms with van der Waals surface area (Å²) in [4.78, 5) is 0. The Hall–Kier alpha value is -0.0400. The van der Waals surface area contributed by atoms with Crippen molar-refractivity contribution in [3.63, 3.8) is 0 Å². The first-order valence-corrected chi connectivity index (χ1v) is 5.58. The second-order valence-electron chi connectivity index (χ2n) is 4.25. The van der Waals surface area contributed by atoms with Gasteiger partial charge in [-0.3, -0.25) is 0 Å². The van der Waals surface area contributed by atoms with E-state index in [0.29, 0.717) is 6.04 Å². The van der Waals surface area contributed by atoms with Gasteiger partial charge < -0.3 is 5.73 Å². The molecule has 1 nitrogen and oxygen atoms in total. The number of rotatable bonds is 4. The summed E-state index contributed by atoms with van der Waals surface area (Å²) in [6, 6.07) is 0.465. The second-order valence-corrected chi connectivity index (χ2v) is 4.25. The molecule has 1 aliphatic rings. The van der Waals surface area contributed by atoms with Crippen LogP contribution in [0.3, 0.4) is 0 Å². The Labute approximate surface area is 76.7 Å². The lowest BCUT2D eigenvalue weighted by atomic mass is 9.85. The smallest absolute Gasteiger partial charge is 0.00363 e. The molecule has 0 aliphatic heterocycles. The van der Waals surface area contributed by atoms with Crippen LogP contribution in [0, 0.1) is 5.92 Å². The first-order chi connectivity index (χ1) is 5.83. The first kappa shape index (κ1) is 10.0. The third kappa shape index (κ3) is 3.57. The molecule has 1 atom stereocenters. The lowest BCUT2D eigenvalue weighted by Gasteiger charge is -2.22. The van der Waals surface area contributed by atoms with E-state index in [9.17, 15) is 0 Å². The fourth-order valence-corrected chi connectivity index (χ4v) is 2.13. The Morgan fingerprint density at radius 3 is 2.50 bits per heavy atom. The average molecular weight is 169 g/mol. The lowest BCUT2D eigenvalue weighted by Crippen LogP contribution is -2.20. The molecule has 1 heteroatoms. The van der Waals surface area contributed by atoms with Crippen molar-refractivity contribution >= 4 is 0 Å². The summed E-state index contributed by atoms with van der Waals surface area (Å²) in [6.07, 6.45) is 11.1. The molecule has 12 heavy (non-hydrogen) atoms. The third-order valence-electron chi connectivity index (χ3n) is 3.19. The molecule has 2 N–H and O–H groups in total. The van der Waals surface area contributed by atoms with Crippen LogP contribution in [0.15, 0.2) is 0 Å². The Balaban J connectivity index is 2.05. The van der Waals surface area contributed by atoms with Crippen molar-refractivity contribution in [3.8, 4) is 0 Å². The van der Waals surface area contributed by atoms with Crippen molar-refractivity contribution in [2.75, 3.05) is 0 Å². The Morgan fingerprint density at radius 2 is 1.92 bits per heavy atom. The summed E-state index contributed by atoms with van der Waals surface area (Å²) in [5.74, 6) is 1.01. The van der Waals surface area contributed by atoms with Crippen molar-refractivity contribution in [2.24, 2.45) is 11.7 Å².